The van der Waals surface area contributed by atoms with Crippen LogP contribution in [0.1, 0.15) is 0 Å². The molecule has 27 heavy (non-hydrogen) atoms. The van der Waals surface area contributed by atoms with E-state index in [-0.39, 0.29) is 5.88 Å². The molecule has 9 heteroatoms. The minimum absolute atomic E-state index is 0.0773. The Hall–Kier alpha value is -3.23. The molecule has 0 spiro atoms. The number of fused-ring (bicyclic) bond motifs is 1. The van der Waals surface area contributed by atoms with Crippen LogP contribution >= 0.6 is 22.9 Å². The van der Waals surface area contributed by atoms with Crippen molar-refractivity contribution in [1.82, 2.24) is 15.2 Å². The van der Waals surface area contributed by atoms with Crippen molar-refractivity contribution in [3.8, 4) is 5.88 Å². The summed E-state index contributed by atoms with van der Waals surface area (Å²) in [6, 6.07) is 13.2. The maximum atomic E-state index is 11.1. The summed E-state index contributed by atoms with van der Waals surface area (Å²) in [6.07, 6.45) is 4.12. The van der Waals surface area contributed by atoms with Gasteiger partial charge in [-0.15, -0.1) is 16.4 Å². The van der Waals surface area contributed by atoms with E-state index in [4.69, 9.17) is 22.1 Å². The van der Waals surface area contributed by atoms with E-state index in [0.29, 0.717) is 9.72 Å². The maximum absolute atomic E-state index is 11.1. The lowest BCUT2D eigenvalue weighted by molar-refractivity contribution is 0.209. The quantitative estimate of drug-likeness (QED) is 0.537. The van der Waals surface area contributed by atoms with Crippen molar-refractivity contribution in [2.75, 3.05) is 4.90 Å². The maximum Gasteiger partial charge on any atom is 0.411 e. The molecule has 0 atom stereocenters. The Bertz CT molecular complexity index is 1120. The standard InChI is InChI=1S/C18H12ClN5O2S/c19-12-3-1-4-13(8-12)24(14-5-2-6-21-10-14)15-7-11-9-22-23-17(16(11)27-15)26-18(20)25/h1-10H,(H2,20,25). The molecule has 2 N–H and O–H groups in total. The third kappa shape index (κ3) is 3.53. The fourth-order valence-corrected chi connectivity index (χ4v) is 3.90. The highest BCUT2D eigenvalue weighted by molar-refractivity contribution is 7.23. The Morgan fingerprint density at radius 2 is 2.00 bits per heavy atom. The number of anilines is 3. The molecule has 0 saturated carbocycles. The van der Waals surface area contributed by atoms with Gasteiger partial charge in [0.25, 0.3) is 5.88 Å². The molecule has 3 heterocycles. The van der Waals surface area contributed by atoms with Crippen molar-refractivity contribution in [2.24, 2.45) is 5.73 Å². The van der Waals surface area contributed by atoms with Gasteiger partial charge < -0.3 is 15.4 Å². The number of nitrogens with zero attached hydrogens (tertiary/aromatic N) is 4. The van der Waals surface area contributed by atoms with Crippen molar-refractivity contribution < 1.29 is 9.53 Å². The second-order valence-electron chi connectivity index (χ2n) is 5.47. The molecule has 0 bridgehead atoms. The van der Waals surface area contributed by atoms with Crippen LogP contribution in [0.4, 0.5) is 21.2 Å². The number of hydrogen-bond acceptors (Lipinski definition) is 7. The molecule has 0 aliphatic rings. The normalized spacial score (nSPS) is 10.7. The van der Waals surface area contributed by atoms with E-state index in [0.717, 1.165) is 21.8 Å². The number of carbonyl (C=O) groups is 1. The largest absolute Gasteiger partial charge is 0.411 e. The topological polar surface area (TPSA) is 94.2 Å². The number of benzene rings is 1. The first kappa shape index (κ1) is 17.2. The van der Waals surface area contributed by atoms with Gasteiger partial charge in [0.1, 0.15) is 9.70 Å². The SMILES string of the molecule is NC(=O)Oc1nncc2cc(N(c3cccnc3)c3cccc(Cl)c3)sc12. The Morgan fingerprint density at radius 1 is 1.15 bits per heavy atom. The predicted octanol–water partition coefficient (Wildman–Crippen LogP) is 4.67. The number of hydrogen-bond donors (Lipinski definition) is 1. The number of amides is 1. The molecule has 7 nitrogen and oxygen atoms in total. The third-order valence-electron chi connectivity index (χ3n) is 3.68. The minimum Gasteiger partial charge on any atom is -0.388 e. The lowest BCUT2D eigenvalue weighted by Gasteiger charge is -2.23. The average Bonchev–Trinajstić information content (AvgIpc) is 3.07. The summed E-state index contributed by atoms with van der Waals surface area (Å²) < 4.78 is 5.64. The molecule has 0 saturated heterocycles. The van der Waals surface area contributed by atoms with E-state index in [1.807, 2.05) is 47.4 Å². The van der Waals surface area contributed by atoms with E-state index in [1.165, 1.54) is 11.3 Å². The second kappa shape index (κ2) is 7.18. The molecule has 0 radical (unpaired) electrons. The molecule has 1 aromatic carbocycles. The third-order valence-corrected chi connectivity index (χ3v) is 5.03. The zero-order chi connectivity index (χ0) is 18.8. The molecule has 0 fully saturated rings. The van der Waals surface area contributed by atoms with Crippen LogP contribution in [0.2, 0.25) is 5.02 Å². The van der Waals surface area contributed by atoms with Gasteiger partial charge in [-0.05, 0) is 36.4 Å². The van der Waals surface area contributed by atoms with Gasteiger partial charge in [0.2, 0.25) is 0 Å². The molecule has 0 aliphatic heterocycles. The van der Waals surface area contributed by atoms with Crippen LogP contribution in [-0.4, -0.2) is 21.3 Å². The summed E-state index contributed by atoms with van der Waals surface area (Å²) in [7, 11) is 0. The van der Waals surface area contributed by atoms with E-state index in [1.54, 1.807) is 18.6 Å². The molecule has 4 aromatic rings. The van der Waals surface area contributed by atoms with Crippen molar-refractivity contribution in [2.45, 2.75) is 0 Å². The van der Waals surface area contributed by atoms with Crippen LogP contribution in [0.3, 0.4) is 0 Å². The van der Waals surface area contributed by atoms with Gasteiger partial charge in [-0.2, -0.15) is 5.10 Å². The van der Waals surface area contributed by atoms with Crippen LogP contribution < -0.4 is 15.4 Å². The smallest absolute Gasteiger partial charge is 0.388 e. The molecular formula is C18H12ClN5O2S. The lowest BCUT2D eigenvalue weighted by atomic mass is 10.2. The summed E-state index contributed by atoms with van der Waals surface area (Å²) in [6.45, 7) is 0. The van der Waals surface area contributed by atoms with Crippen molar-refractivity contribution in [3.05, 3.63) is 66.1 Å². The first-order chi connectivity index (χ1) is 13.1. The first-order valence-electron chi connectivity index (χ1n) is 7.80. The summed E-state index contributed by atoms with van der Waals surface area (Å²) in [4.78, 5) is 17.3. The summed E-state index contributed by atoms with van der Waals surface area (Å²) in [5.74, 6) is 0.0773. The number of primary amides is 1. The van der Waals surface area contributed by atoms with E-state index in [9.17, 15) is 4.79 Å². The summed E-state index contributed by atoms with van der Waals surface area (Å²) in [5.41, 5.74) is 6.84. The van der Waals surface area contributed by atoms with Gasteiger partial charge >= 0.3 is 6.09 Å². The van der Waals surface area contributed by atoms with Gasteiger partial charge in [0.05, 0.1) is 18.1 Å². The van der Waals surface area contributed by atoms with Crippen LogP contribution in [0.15, 0.2) is 61.1 Å². The van der Waals surface area contributed by atoms with Crippen LogP contribution in [-0.2, 0) is 0 Å². The number of rotatable bonds is 4. The highest BCUT2D eigenvalue weighted by Crippen LogP contribution is 2.43. The highest BCUT2D eigenvalue weighted by Gasteiger charge is 2.18. The fourth-order valence-electron chi connectivity index (χ4n) is 2.62. The monoisotopic (exact) mass is 397 g/mol. The minimum atomic E-state index is -0.939. The lowest BCUT2D eigenvalue weighted by Crippen LogP contribution is -2.17. The number of pyridine rings is 1. The van der Waals surface area contributed by atoms with Gasteiger partial charge in [0, 0.05) is 22.3 Å². The Kier molecular flexibility index (Phi) is 4.57. The number of nitrogens with two attached hydrogens (primary N) is 1. The number of ether oxygens (including phenoxy) is 1. The van der Waals surface area contributed by atoms with E-state index >= 15 is 0 Å². The van der Waals surface area contributed by atoms with E-state index < -0.39 is 6.09 Å². The van der Waals surface area contributed by atoms with Crippen molar-refractivity contribution >= 4 is 55.5 Å². The molecule has 0 aliphatic carbocycles. The fraction of sp³-hybridized carbons (Fsp3) is 0. The summed E-state index contributed by atoms with van der Waals surface area (Å²) >= 11 is 7.58. The van der Waals surface area contributed by atoms with Gasteiger partial charge in [-0.25, -0.2) is 4.79 Å². The first-order valence-corrected chi connectivity index (χ1v) is 8.99. The zero-order valence-electron chi connectivity index (χ0n) is 13.7. The number of aromatic nitrogens is 3. The molecule has 134 valence electrons. The highest BCUT2D eigenvalue weighted by atomic mass is 35.5. The molecular weight excluding hydrogens is 386 g/mol. The van der Waals surface area contributed by atoms with Gasteiger partial charge in [0.15, 0.2) is 0 Å². The van der Waals surface area contributed by atoms with Crippen LogP contribution in [0.5, 0.6) is 5.88 Å². The average molecular weight is 398 g/mol. The molecule has 4 rings (SSSR count). The Morgan fingerprint density at radius 3 is 2.74 bits per heavy atom. The number of carbonyl (C=O) groups excluding carboxylic acids is 1. The number of halogens is 1. The molecule has 3 aromatic heterocycles. The van der Waals surface area contributed by atoms with Gasteiger partial charge in [-0.3, -0.25) is 4.98 Å². The summed E-state index contributed by atoms with van der Waals surface area (Å²) in [5, 5.41) is 9.98. The zero-order valence-corrected chi connectivity index (χ0v) is 15.3. The predicted molar refractivity (Wildman–Crippen MR) is 105 cm³/mol. The van der Waals surface area contributed by atoms with Crippen LogP contribution in [0.25, 0.3) is 10.1 Å². The van der Waals surface area contributed by atoms with Crippen LogP contribution in [0, 0.1) is 0 Å². The Labute approximate surface area is 163 Å². The van der Waals surface area contributed by atoms with Crippen molar-refractivity contribution in [3.63, 3.8) is 0 Å². The number of thiophene rings is 1. The Balaban J connectivity index is 1.89. The molecule has 0 unspecified atom stereocenters. The van der Waals surface area contributed by atoms with E-state index in [2.05, 4.69) is 15.2 Å². The van der Waals surface area contributed by atoms with Gasteiger partial charge in [-0.1, -0.05) is 17.7 Å². The molecule has 1 amide bonds. The van der Waals surface area contributed by atoms with Crippen molar-refractivity contribution in [1.29, 1.82) is 0 Å². The second-order valence-corrected chi connectivity index (χ2v) is 6.93.